The molecule has 4 rings (SSSR count). The molecule has 1 saturated heterocycles. The Kier molecular flexibility index (Phi) is 4.81. The van der Waals surface area contributed by atoms with Crippen molar-refractivity contribution < 1.29 is 14.3 Å². The molecule has 0 aliphatic carbocycles. The smallest absolute Gasteiger partial charge is 0.354 e. The van der Waals surface area contributed by atoms with Crippen LogP contribution in [0.4, 0.5) is 11.8 Å². The number of anilines is 2. The number of carbonyl (C=O) groups excluding carboxylic acids is 1. The Balaban J connectivity index is 1.70. The summed E-state index contributed by atoms with van der Waals surface area (Å²) in [5, 5.41) is 7.27. The van der Waals surface area contributed by atoms with Gasteiger partial charge in [-0.3, -0.25) is 4.68 Å². The summed E-state index contributed by atoms with van der Waals surface area (Å²) < 4.78 is 13.7. The lowest BCUT2D eigenvalue weighted by Gasteiger charge is -2.38. The second-order valence-electron chi connectivity index (χ2n) is 7.28. The zero-order valence-electron chi connectivity index (χ0n) is 16.5. The lowest BCUT2D eigenvalue weighted by Crippen LogP contribution is -2.60. The molecule has 0 aromatic carbocycles. The van der Waals surface area contributed by atoms with Crippen LogP contribution in [0.15, 0.2) is 30.7 Å². The van der Waals surface area contributed by atoms with E-state index in [4.69, 9.17) is 15.2 Å². The van der Waals surface area contributed by atoms with E-state index in [1.807, 2.05) is 26.2 Å². The van der Waals surface area contributed by atoms with Crippen molar-refractivity contribution in [2.24, 2.45) is 12.8 Å². The topological polar surface area (TPSA) is 122 Å². The van der Waals surface area contributed by atoms with E-state index < -0.39 is 11.5 Å². The van der Waals surface area contributed by atoms with Crippen molar-refractivity contribution in [3.63, 3.8) is 0 Å². The summed E-state index contributed by atoms with van der Waals surface area (Å²) >= 11 is 0. The second kappa shape index (κ2) is 7.30. The lowest BCUT2D eigenvalue weighted by molar-refractivity contribution is -0.0615. The molecule has 3 aromatic heterocycles. The second-order valence-corrected chi connectivity index (χ2v) is 7.28. The van der Waals surface area contributed by atoms with E-state index in [0.29, 0.717) is 37.1 Å². The normalized spacial score (nSPS) is 15.0. The number of nitrogens with one attached hydrogen (secondary N) is 1. The Morgan fingerprint density at radius 3 is 2.86 bits per heavy atom. The van der Waals surface area contributed by atoms with Gasteiger partial charge in [0.2, 0.25) is 5.95 Å². The van der Waals surface area contributed by atoms with E-state index in [2.05, 4.69) is 20.4 Å². The van der Waals surface area contributed by atoms with Gasteiger partial charge in [0.15, 0.2) is 0 Å². The summed E-state index contributed by atoms with van der Waals surface area (Å²) in [6, 6.07) is 3.59. The molecule has 10 nitrogen and oxygen atoms in total. The number of hydrogen-bond donors (Lipinski definition) is 2. The van der Waals surface area contributed by atoms with Crippen LogP contribution in [0.5, 0.6) is 0 Å². The minimum atomic E-state index is -0.494. The Hall–Kier alpha value is -3.24. The molecule has 0 saturated carbocycles. The molecule has 1 aliphatic heterocycles. The Bertz CT molecular complexity index is 1050. The Labute approximate surface area is 167 Å². The van der Waals surface area contributed by atoms with Gasteiger partial charge in [-0.15, -0.1) is 0 Å². The Morgan fingerprint density at radius 2 is 2.24 bits per heavy atom. The van der Waals surface area contributed by atoms with Gasteiger partial charge in [0.05, 0.1) is 37.8 Å². The van der Waals surface area contributed by atoms with Gasteiger partial charge in [-0.05, 0) is 18.6 Å². The van der Waals surface area contributed by atoms with Crippen LogP contribution in [0, 0.1) is 6.92 Å². The molecule has 0 bridgehead atoms. The Morgan fingerprint density at radius 1 is 1.45 bits per heavy atom. The van der Waals surface area contributed by atoms with Gasteiger partial charge in [-0.1, -0.05) is 0 Å². The van der Waals surface area contributed by atoms with Crippen molar-refractivity contribution in [3.05, 3.63) is 42.0 Å². The number of rotatable bonds is 6. The van der Waals surface area contributed by atoms with Gasteiger partial charge < -0.3 is 25.1 Å². The summed E-state index contributed by atoms with van der Waals surface area (Å²) in [6.45, 7) is 3.27. The molecule has 0 unspecified atom stereocenters. The van der Waals surface area contributed by atoms with Gasteiger partial charge >= 0.3 is 5.97 Å². The zero-order valence-corrected chi connectivity index (χ0v) is 16.5. The number of ether oxygens (including phenoxy) is 2. The van der Waals surface area contributed by atoms with Crippen LogP contribution in [-0.4, -0.2) is 56.1 Å². The molecule has 3 aromatic rings. The van der Waals surface area contributed by atoms with E-state index in [-0.39, 0.29) is 0 Å². The summed E-state index contributed by atoms with van der Waals surface area (Å²) in [4.78, 5) is 21.3. The van der Waals surface area contributed by atoms with E-state index in [1.54, 1.807) is 27.7 Å². The molecule has 3 N–H and O–H groups in total. The molecule has 0 amide bonds. The van der Waals surface area contributed by atoms with Crippen LogP contribution in [-0.2, 0) is 23.1 Å². The molecular formula is C19H23N7O3. The van der Waals surface area contributed by atoms with E-state index in [0.717, 1.165) is 16.9 Å². The number of nitrogens with zero attached hydrogens (tertiary/aromatic N) is 5. The fourth-order valence-corrected chi connectivity index (χ4v) is 3.25. The standard InChI is InChI=1S/C19H23N7O3/c1-12-7-21-18(23-15-4-5-22-25(15)2)24-16(12)13-6-14(17(27)28-3)26(8-13)9-19(20)10-29-11-19/h4-8H,9-11,20H2,1-3H3,(H,21,23,24). The summed E-state index contributed by atoms with van der Waals surface area (Å²) in [7, 11) is 3.18. The largest absolute Gasteiger partial charge is 0.464 e. The van der Waals surface area contributed by atoms with Crippen LogP contribution in [0.25, 0.3) is 11.3 Å². The lowest BCUT2D eigenvalue weighted by atomic mass is 9.99. The highest BCUT2D eigenvalue weighted by Gasteiger charge is 2.35. The third-order valence-electron chi connectivity index (χ3n) is 4.86. The molecule has 29 heavy (non-hydrogen) atoms. The van der Waals surface area contributed by atoms with Crippen molar-refractivity contribution >= 4 is 17.7 Å². The van der Waals surface area contributed by atoms with Crippen LogP contribution in [0.2, 0.25) is 0 Å². The number of esters is 1. The molecule has 1 aliphatic rings. The molecule has 4 heterocycles. The first kappa shape index (κ1) is 19.1. The first-order chi connectivity index (χ1) is 13.9. The monoisotopic (exact) mass is 397 g/mol. The fourth-order valence-electron chi connectivity index (χ4n) is 3.25. The van der Waals surface area contributed by atoms with Crippen molar-refractivity contribution in [3.8, 4) is 11.3 Å². The minimum absolute atomic E-state index is 0.415. The van der Waals surface area contributed by atoms with Gasteiger partial charge in [0, 0.05) is 37.6 Å². The molecular weight excluding hydrogens is 374 g/mol. The van der Waals surface area contributed by atoms with Gasteiger partial charge in [-0.2, -0.15) is 5.10 Å². The highest BCUT2D eigenvalue weighted by molar-refractivity contribution is 5.89. The van der Waals surface area contributed by atoms with Gasteiger partial charge in [0.1, 0.15) is 11.5 Å². The summed E-state index contributed by atoms with van der Waals surface area (Å²) in [5.41, 5.74) is 8.59. The summed E-state index contributed by atoms with van der Waals surface area (Å²) in [5.74, 6) is 0.770. The molecule has 152 valence electrons. The average molecular weight is 397 g/mol. The first-order valence-electron chi connectivity index (χ1n) is 9.13. The number of methoxy groups -OCH3 is 1. The first-order valence-corrected chi connectivity index (χ1v) is 9.13. The average Bonchev–Trinajstić information content (AvgIpc) is 3.27. The van der Waals surface area contributed by atoms with Gasteiger partial charge in [-0.25, -0.2) is 14.8 Å². The van der Waals surface area contributed by atoms with Crippen LogP contribution in [0.1, 0.15) is 16.1 Å². The predicted molar refractivity (Wildman–Crippen MR) is 106 cm³/mol. The third kappa shape index (κ3) is 3.71. The molecule has 0 atom stereocenters. The third-order valence-corrected chi connectivity index (χ3v) is 4.86. The quantitative estimate of drug-likeness (QED) is 0.596. The van der Waals surface area contributed by atoms with Crippen LogP contribution >= 0.6 is 0 Å². The van der Waals surface area contributed by atoms with Crippen LogP contribution < -0.4 is 11.1 Å². The number of hydrogen-bond acceptors (Lipinski definition) is 8. The van der Waals surface area contributed by atoms with Crippen molar-refractivity contribution in [1.82, 2.24) is 24.3 Å². The number of aromatic nitrogens is 5. The maximum Gasteiger partial charge on any atom is 0.354 e. The van der Waals surface area contributed by atoms with E-state index >= 15 is 0 Å². The van der Waals surface area contributed by atoms with Crippen molar-refractivity contribution in [2.45, 2.75) is 19.0 Å². The number of aryl methyl sites for hydroxylation is 2. The van der Waals surface area contributed by atoms with E-state index in [9.17, 15) is 4.79 Å². The predicted octanol–water partition coefficient (Wildman–Crippen LogP) is 1.24. The number of carbonyl (C=O) groups is 1. The highest BCUT2D eigenvalue weighted by atomic mass is 16.5. The minimum Gasteiger partial charge on any atom is -0.464 e. The van der Waals surface area contributed by atoms with Crippen LogP contribution in [0.3, 0.4) is 0 Å². The maximum atomic E-state index is 12.3. The van der Waals surface area contributed by atoms with Crippen molar-refractivity contribution in [1.29, 1.82) is 0 Å². The maximum absolute atomic E-state index is 12.3. The van der Waals surface area contributed by atoms with E-state index in [1.165, 1.54) is 7.11 Å². The number of nitrogens with two attached hydrogens (primary N) is 1. The fraction of sp³-hybridized carbons (Fsp3) is 0.368. The zero-order chi connectivity index (χ0) is 20.6. The SMILES string of the molecule is COC(=O)c1cc(-c2nc(Nc3ccnn3C)ncc2C)cn1CC1(N)COC1. The molecule has 1 fully saturated rings. The summed E-state index contributed by atoms with van der Waals surface area (Å²) in [6.07, 6.45) is 5.29. The van der Waals surface area contributed by atoms with Crippen molar-refractivity contribution in [2.75, 3.05) is 25.6 Å². The molecule has 0 spiro atoms. The van der Waals surface area contributed by atoms with Gasteiger partial charge in [0.25, 0.3) is 0 Å². The molecule has 0 radical (unpaired) electrons. The molecule has 10 heteroatoms. The highest BCUT2D eigenvalue weighted by Crippen LogP contribution is 2.27.